The number of carbonyl (C=O) groups is 1. The number of hydrogen-bond acceptors (Lipinski definition) is 4. The summed E-state index contributed by atoms with van der Waals surface area (Å²) in [6.07, 6.45) is 5.74. The fraction of sp³-hybridized carbons (Fsp3) is 0.375. The van der Waals surface area contributed by atoms with Gasteiger partial charge in [0.2, 0.25) is 0 Å². The van der Waals surface area contributed by atoms with E-state index in [0.29, 0.717) is 16.7 Å². The zero-order valence-corrected chi connectivity index (χ0v) is 12.7. The SMILES string of the molecule is O=C1N/C(=N\CN2CCCCC2)S/C1=C/c1ccccc1. The number of amides is 1. The van der Waals surface area contributed by atoms with Crippen molar-refractivity contribution in [1.29, 1.82) is 0 Å². The van der Waals surface area contributed by atoms with E-state index in [1.165, 1.54) is 31.0 Å². The van der Waals surface area contributed by atoms with Gasteiger partial charge < -0.3 is 5.32 Å². The molecule has 3 rings (SSSR count). The van der Waals surface area contributed by atoms with Gasteiger partial charge in [-0.25, -0.2) is 4.99 Å². The Morgan fingerprint density at radius 1 is 1.19 bits per heavy atom. The minimum atomic E-state index is -0.0544. The molecular weight excluding hydrogens is 282 g/mol. The predicted octanol–water partition coefficient (Wildman–Crippen LogP) is 2.69. The first kappa shape index (κ1) is 14.4. The third-order valence-electron chi connectivity index (χ3n) is 3.61. The van der Waals surface area contributed by atoms with E-state index in [9.17, 15) is 4.79 Å². The van der Waals surface area contributed by atoms with Crippen LogP contribution >= 0.6 is 11.8 Å². The van der Waals surface area contributed by atoms with Crippen molar-refractivity contribution < 1.29 is 4.79 Å². The molecule has 1 N–H and O–H groups in total. The molecule has 0 spiro atoms. The highest BCUT2D eigenvalue weighted by molar-refractivity contribution is 8.18. The Bertz CT molecular complexity index is 562. The van der Waals surface area contributed by atoms with Crippen LogP contribution in [0.2, 0.25) is 0 Å². The van der Waals surface area contributed by atoms with Crippen LogP contribution in [-0.2, 0) is 4.79 Å². The monoisotopic (exact) mass is 301 g/mol. The molecule has 0 radical (unpaired) electrons. The minimum Gasteiger partial charge on any atom is -0.301 e. The number of likely N-dealkylation sites (tertiary alicyclic amines) is 1. The van der Waals surface area contributed by atoms with Crippen molar-refractivity contribution >= 4 is 28.9 Å². The number of rotatable bonds is 3. The maximum Gasteiger partial charge on any atom is 0.264 e. The second-order valence-corrected chi connectivity index (χ2v) is 6.29. The van der Waals surface area contributed by atoms with Gasteiger partial charge in [-0.15, -0.1) is 0 Å². The number of amidine groups is 1. The van der Waals surface area contributed by atoms with Gasteiger partial charge in [0.1, 0.15) is 0 Å². The topological polar surface area (TPSA) is 44.7 Å². The molecule has 1 amide bonds. The average molecular weight is 301 g/mol. The van der Waals surface area contributed by atoms with Gasteiger partial charge >= 0.3 is 0 Å². The van der Waals surface area contributed by atoms with Gasteiger partial charge in [0.15, 0.2) is 5.17 Å². The van der Waals surface area contributed by atoms with Crippen LogP contribution in [0.25, 0.3) is 6.08 Å². The van der Waals surface area contributed by atoms with Crippen LogP contribution in [0.5, 0.6) is 0 Å². The van der Waals surface area contributed by atoms with E-state index in [-0.39, 0.29) is 5.91 Å². The summed E-state index contributed by atoms with van der Waals surface area (Å²) in [5.41, 5.74) is 1.03. The lowest BCUT2D eigenvalue weighted by Crippen LogP contribution is -2.31. The molecule has 0 bridgehead atoms. The molecule has 0 saturated carbocycles. The van der Waals surface area contributed by atoms with Gasteiger partial charge in [0, 0.05) is 0 Å². The average Bonchev–Trinajstić information content (AvgIpc) is 2.87. The Hall–Kier alpha value is -1.59. The van der Waals surface area contributed by atoms with Crippen LogP contribution in [0.3, 0.4) is 0 Å². The van der Waals surface area contributed by atoms with E-state index in [1.54, 1.807) is 0 Å². The van der Waals surface area contributed by atoms with Crippen molar-refractivity contribution in [2.24, 2.45) is 4.99 Å². The van der Waals surface area contributed by atoms with Gasteiger partial charge in [-0.05, 0) is 49.3 Å². The molecule has 1 aromatic carbocycles. The van der Waals surface area contributed by atoms with Gasteiger partial charge in [-0.2, -0.15) is 0 Å². The third kappa shape index (κ3) is 3.95. The van der Waals surface area contributed by atoms with E-state index in [0.717, 1.165) is 18.7 Å². The molecule has 5 heteroatoms. The van der Waals surface area contributed by atoms with Crippen molar-refractivity contribution in [2.75, 3.05) is 19.8 Å². The fourth-order valence-corrected chi connectivity index (χ4v) is 3.28. The molecule has 1 aromatic rings. The molecule has 0 aliphatic carbocycles. The lowest BCUT2D eigenvalue weighted by atomic mass is 10.1. The first-order chi connectivity index (χ1) is 10.3. The molecule has 21 heavy (non-hydrogen) atoms. The summed E-state index contributed by atoms with van der Waals surface area (Å²) in [5.74, 6) is -0.0544. The van der Waals surface area contributed by atoms with E-state index in [2.05, 4.69) is 15.2 Å². The summed E-state index contributed by atoms with van der Waals surface area (Å²) in [7, 11) is 0. The summed E-state index contributed by atoms with van der Waals surface area (Å²) >= 11 is 1.43. The van der Waals surface area contributed by atoms with Crippen LogP contribution in [0.4, 0.5) is 0 Å². The molecular formula is C16H19N3OS. The normalized spacial score (nSPS) is 23.7. The van der Waals surface area contributed by atoms with Crippen LogP contribution in [0, 0.1) is 0 Å². The number of nitrogens with zero attached hydrogens (tertiary/aromatic N) is 2. The smallest absolute Gasteiger partial charge is 0.264 e. The second kappa shape index (κ2) is 6.91. The molecule has 2 saturated heterocycles. The van der Waals surface area contributed by atoms with Crippen molar-refractivity contribution in [1.82, 2.24) is 10.2 Å². The molecule has 0 unspecified atom stereocenters. The molecule has 2 heterocycles. The number of aliphatic imine (C=N–C) groups is 1. The van der Waals surface area contributed by atoms with E-state index in [4.69, 9.17) is 0 Å². The highest BCUT2D eigenvalue weighted by Gasteiger charge is 2.23. The van der Waals surface area contributed by atoms with Gasteiger partial charge in [0.25, 0.3) is 5.91 Å². The van der Waals surface area contributed by atoms with E-state index in [1.807, 2.05) is 36.4 Å². The quantitative estimate of drug-likeness (QED) is 0.873. The lowest BCUT2D eigenvalue weighted by molar-refractivity contribution is -0.115. The first-order valence-electron chi connectivity index (χ1n) is 7.34. The summed E-state index contributed by atoms with van der Waals surface area (Å²) in [6, 6.07) is 9.88. The highest BCUT2D eigenvalue weighted by atomic mass is 32.2. The van der Waals surface area contributed by atoms with Crippen LogP contribution < -0.4 is 5.32 Å². The predicted molar refractivity (Wildman–Crippen MR) is 87.9 cm³/mol. The summed E-state index contributed by atoms with van der Waals surface area (Å²) < 4.78 is 0. The largest absolute Gasteiger partial charge is 0.301 e. The number of carbonyl (C=O) groups excluding carboxylic acids is 1. The van der Waals surface area contributed by atoms with E-state index >= 15 is 0 Å². The zero-order valence-electron chi connectivity index (χ0n) is 11.9. The Kier molecular flexibility index (Phi) is 4.72. The molecule has 2 aliphatic heterocycles. The van der Waals surface area contributed by atoms with Crippen molar-refractivity contribution in [3.05, 3.63) is 40.8 Å². The van der Waals surface area contributed by atoms with Crippen molar-refractivity contribution in [2.45, 2.75) is 19.3 Å². The number of benzene rings is 1. The Morgan fingerprint density at radius 3 is 2.71 bits per heavy atom. The highest BCUT2D eigenvalue weighted by Crippen LogP contribution is 2.26. The summed E-state index contributed by atoms with van der Waals surface area (Å²) in [5, 5.41) is 3.56. The number of hydrogen-bond donors (Lipinski definition) is 1. The molecule has 4 nitrogen and oxygen atoms in total. The lowest BCUT2D eigenvalue weighted by Gasteiger charge is -2.24. The van der Waals surface area contributed by atoms with Crippen molar-refractivity contribution in [3.8, 4) is 0 Å². The minimum absolute atomic E-state index is 0.0544. The van der Waals surface area contributed by atoms with Crippen LogP contribution in [0.1, 0.15) is 24.8 Å². The molecule has 110 valence electrons. The molecule has 0 aromatic heterocycles. The number of piperidine rings is 1. The van der Waals surface area contributed by atoms with Gasteiger partial charge in [-0.1, -0.05) is 36.8 Å². The molecule has 2 fully saturated rings. The maximum absolute atomic E-state index is 11.9. The maximum atomic E-state index is 11.9. The molecule has 2 aliphatic rings. The number of nitrogens with one attached hydrogen (secondary N) is 1. The van der Waals surface area contributed by atoms with Crippen LogP contribution in [0.15, 0.2) is 40.2 Å². The van der Waals surface area contributed by atoms with Crippen LogP contribution in [-0.4, -0.2) is 35.7 Å². The Labute approximate surface area is 129 Å². The first-order valence-corrected chi connectivity index (χ1v) is 8.16. The van der Waals surface area contributed by atoms with E-state index < -0.39 is 0 Å². The third-order valence-corrected chi connectivity index (χ3v) is 4.56. The molecule has 0 atom stereocenters. The standard InChI is InChI=1S/C16H19N3OS/c20-15-14(11-13-7-3-1-4-8-13)21-16(18-15)17-12-19-9-5-2-6-10-19/h1,3-4,7-8,11H,2,5-6,9-10,12H2,(H,17,18,20)/b14-11+. The fourth-order valence-electron chi connectivity index (χ4n) is 2.47. The Balaban J connectivity index is 1.62. The van der Waals surface area contributed by atoms with Gasteiger partial charge in [0.05, 0.1) is 11.6 Å². The number of thioether (sulfide) groups is 1. The Morgan fingerprint density at radius 2 is 1.95 bits per heavy atom. The second-order valence-electron chi connectivity index (χ2n) is 5.26. The summed E-state index contributed by atoms with van der Waals surface area (Å²) in [4.78, 5) is 19.5. The van der Waals surface area contributed by atoms with Crippen molar-refractivity contribution in [3.63, 3.8) is 0 Å². The summed E-state index contributed by atoms with van der Waals surface area (Å²) in [6.45, 7) is 2.91. The zero-order chi connectivity index (χ0) is 14.5. The van der Waals surface area contributed by atoms with Gasteiger partial charge in [-0.3, -0.25) is 9.69 Å².